The molecule has 0 aliphatic rings. The third kappa shape index (κ3) is 5.81. The third-order valence-corrected chi connectivity index (χ3v) is 12.2. The van der Waals surface area contributed by atoms with Crippen molar-refractivity contribution in [1.82, 2.24) is 4.57 Å². The molecule has 286 valence electrons. The molecule has 0 fully saturated rings. The average molecular weight is 771 g/mol. The number of hydrogen-bond donors (Lipinski definition) is 0. The van der Waals surface area contributed by atoms with Gasteiger partial charge in [-0.3, -0.25) is 0 Å². The minimum atomic E-state index is 0.864. The Hall–Kier alpha value is -7.62. The van der Waals surface area contributed by atoms with Crippen LogP contribution < -0.4 is 4.90 Å². The second kappa shape index (κ2) is 14.3. The van der Waals surface area contributed by atoms with Crippen LogP contribution in [-0.4, -0.2) is 4.57 Å². The zero-order valence-corrected chi connectivity index (χ0v) is 33.9. The highest BCUT2D eigenvalue weighted by Crippen LogP contribution is 2.49. The first-order valence-electron chi connectivity index (χ1n) is 20.7. The van der Waals surface area contributed by atoms with Gasteiger partial charge in [-0.25, -0.2) is 0 Å². The van der Waals surface area contributed by atoms with Gasteiger partial charge in [0.1, 0.15) is 11.2 Å². The molecule has 2 aromatic heterocycles. The maximum atomic E-state index is 6.98. The average Bonchev–Trinajstić information content (AvgIpc) is 3.85. The second-order valence-corrected chi connectivity index (χ2v) is 15.9. The Morgan fingerprint density at radius 2 is 0.983 bits per heavy atom. The summed E-state index contributed by atoms with van der Waals surface area (Å²) in [6, 6.07) is 72.2. The second-order valence-electron chi connectivity index (χ2n) is 15.9. The summed E-state index contributed by atoms with van der Waals surface area (Å²) < 4.78 is 9.36. The van der Waals surface area contributed by atoms with Crippen LogP contribution in [0.1, 0.15) is 16.7 Å². The number of rotatable bonds is 7. The van der Waals surface area contributed by atoms with Gasteiger partial charge in [-0.15, -0.1) is 0 Å². The van der Waals surface area contributed by atoms with Gasteiger partial charge in [-0.1, -0.05) is 133 Å². The van der Waals surface area contributed by atoms with Crippen molar-refractivity contribution in [2.75, 3.05) is 4.90 Å². The van der Waals surface area contributed by atoms with E-state index in [-0.39, 0.29) is 0 Å². The molecule has 0 N–H and O–H groups in total. The van der Waals surface area contributed by atoms with Crippen LogP contribution in [0.25, 0.3) is 82.8 Å². The maximum Gasteiger partial charge on any atom is 0.145 e. The van der Waals surface area contributed by atoms with Gasteiger partial charge in [0.05, 0.1) is 22.1 Å². The van der Waals surface area contributed by atoms with E-state index in [1.165, 1.54) is 60.8 Å². The quantitative estimate of drug-likeness (QED) is 0.161. The van der Waals surface area contributed by atoms with Crippen molar-refractivity contribution in [2.24, 2.45) is 0 Å². The molecule has 11 rings (SSSR count). The Morgan fingerprint density at radius 3 is 1.70 bits per heavy atom. The molecule has 3 nitrogen and oxygen atoms in total. The summed E-state index contributed by atoms with van der Waals surface area (Å²) in [4.78, 5) is 2.46. The minimum Gasteiger partial charge on any atom is -0.455 e. The summed E-state index contributed by atoms with van der Waals surface area (Å²) in [5.41, 5.74) is 19.1. The lowest BCUT2D eigenvalue weighted by Crippen LogP contribution is -2.14. The summed E-state index contributed by atoms with van der Waals surface area (Å²) >= 11 is 0. The standard InChI is InChI=1S/C57H42N2O/c1-37-35-54(39(3)34-49(37)41-19-8-5-9-20-41)59(50-31-29-42(33-38(50)2)40-17-6-4-7-18-40)53-32-30-45(57-56(53)48-25-12-15-28-55(48)60-57)43-21-16-22-44(36-43)58-51-26-13-10-23-46(51)47-24-11-14-27-52(47)58/h4-36H,1-3H3. The van der Waals surface area contributed by atoms with Crippen molar-refractivity contribution in [3.8, 4) is 39.1 Å². The van der Waals surface area contributed by atoms with Gasteiger partial charge in [0.25, 0.3) is 0 Å². The van der Waals surface area contributed by atoms with Gasteiger partial charge in [0.15, 0.2) is 0 Å². The highest BCUT2D eigenvalue weighted by molar-refractivity contribution is 6.17. The molecule has 2 heterocycles. The Balaban J connectivity index is 1.14. The van der Waals surface area contributed by atoms with Gasteiger partial charge in [-0.2, -0.15) is 0 Å². The molecule has 11 aromatic rings. The van der Waals surface area contributed by atoms with E-state index in [4.69, 9.17) is 4.42 Å². The van der Waals surface area contributed by atoms with Crippen molar-refractivity contribution >= 4 is 60.8 Å². The Kier molecular flexibility index (Phi) is 8.49. The van der Waals surface area contributed by atoms with E-state index in [1.54, 1.807) is 0 Å². The van der Waals surface area contributed by atoms with E-state index in [1.807, 2.05) is 0 Å². The smallest absolute Gasteiger partial charge is 0.145 e. The molecule has 0 aliphatic heterocycles. The van der Waals surface area contributed by atoms with Gasteiger partial charge in [0.2, 0.25) is 0 Å². The third-order valence-electron chi connectivity index (χ3n) is 12.2. The molecule has 0 amide bonds. The summed E-state index contributed by atoms with van der Waals surface area (Å²) in [5.74, 6) is 0. The lowest BCUT2D eigenvalue weighted by molar-refractivity contribution is 0.670. The molecule has 3 heteroatoms. The van der Waals surface area contributed by atoms with Crippen LogP contribution in [0.3, 0.4) is 0 Å². The van der Waals surface area contributed by atoms with Crippen LogP contribution in [0.4, 0.5) is 17.1 Å². The predicted octanol–water partition coefficient (Wildman–Crippen LogP) is 16.1. The number of aromatic nitrogens is 1. The zero-order valence-electron chi connectivity index (χ0n) is 33.9. The van der Waals surface area contributed by atoms with Gasteiger partial charge in [-0.05, 0) is 132 Å². The molecule has 0 spiro atoms. The fraction of sp³-hybridized carbons (Fsp3) is 0.0526. The minimum absolute atomic E-state index is 0.864. The van der Waals surface area contributed by atoms with E-state index in [0.29, 0.717) is 0 Å². The first kappa shape index (κ1) is 35.5. The van der Waals surface area contributed by atoms with Crippen molar-refractivity contribution in [3.05, 3.63) is 217 Å². The van der Waals surface area contributed by atoms with Crippen LogP contribution in [0.15, 0.2) is 205 Å². The SMILES string of the molecule is Cc1cc(N(c2ccc(-c3ccccc3)cc2C)c2ccc(-c3cccc(-n4c5ccccc5c5ccccc54)c3)c3oc4ccccc4c23)c(C)cc1-c1ccccc1. The number of fused-ring (bicyclic) bond motifs is 6. The van der Waals surface area contributed by atoms with Crippen molar-refractivity contribution in [3.63, 3.8) is 0 Å². The van der Waals surface area contributed by atoms with E-state index in [2.05, 4.69) is 230 Å². The highest BCUT2D eigenvalue weighted by Gasteiger charge is 2.25. The van der Waals surface area contributed by atoms with Crippen molar-refractivity contribution < 1.29 is 4.42 Å². The van der Waals surface area contributed by atoms with Crippen LogP contribution in [0, 0.1) is 20.8 Å². The number of aryl methyl sites for hydroxylation is 3. The molecule has 0 bridgehead atoms. The number of para-hydroxylation sites is 3. The van der Waals surface area contributed by atoms with E-state index >= 15 is 0 Å². The Bertz CT molecular complexity index is 3360. The number of benzene rings is 9. The number of hydrogen-bond acceptors (Lipinski definition) is 2. The summed E-state index contributed by atoms with van der Waals surface area (Å²) in [6.45, 7) is 6.69. The van der Waals surface area contributed by atoms with Crippen LogP contribution in [-0.2, 0) is 0 Å². The molecular formula is C57H42N2O. The van der Waals surface area contributed by atoms with E-state index < -0.39 is 0 Å². The molecule has 60 heavy (non-hydrogen) atoms. The molecule has 9 aromatic carbocycles. The van der Waals surface area contributed by atoms with Gasteiger partial charge < -0.3 is 13.9 Å². The van der Waals surface area contributed by atoms with Crippen LogP contribution >= 0.6 is 0 Å². The van der Waals surface area contributed by atoms with E-state index in [9.17, 15) is 0 Å². The summed E-state index contributed by atoms with van der Waals surface area (Å²) in [6.07, 6.45) is 0. The molecule has 0 aliphatic carbocycles. The normalized spacial score (nSPS) is 11.6. The monoisotopic (exact) mass is 770 g/mol. The molecule has 0 saturated carbocycles. The fourth-order valence-corrected chi connectivity index (χ4v) is 9.31. The largest absolute Gasteiger partial charge is 0.455 e. The van der Waals surface area contributed by atoms with Crippen molar-refractivity contribution in [1.29, 1.82) is 0 Å². The number of furan rings is 1. The first-order valence-corrected chi connectivity index (χ1v) is 20.7. The van der Waals surface area contributed by atoms with Crippen LogP contribution in [0.5, 0.6) is 0 Å². The van der Waals surface area contributed by atoms with E-state index in [0.717, 1.165) is 55.8 Å². The Labute approximate surface area is 350 Å². The van der Waals surface area contributed by atoms with Crippen LogP contribution in [0.2, 0.25) is 0 Å². The first-order chi connectivity index (χ1) is 29.5. The topological polar surface area (TPSA) is 21.3 Å². The Morgan fingerprint density at radius 1 is 0.383 bits per heavy atom. The fourth-order valence-electron chi connectivity index (χ4n) is 9.31. The summed E-state index contributed by atoms with van der Waals surface area (Å²) in [5, 5.41) is 4.66. The molecular weight excluding hydrogens is 729 g/mol. The van der Waals surface area contributed by atoms with Gasteiger partial charge >= 0.3 is 0 Å². The maximum absolute atomic E-state index is 6.98. The molecule has 0 saturated heterocycles. The number of nitrogens with zero attached hydrogens (tertiary/aromatic N) is 2. The van der Waals surface area contributed by atoms with Crippen molar-refractivity contribution in [2.45, 2.75) is 20.8 Å². The zero-order chi connectivity index (χ0) is 40.3. The molecule has 0 unspecified atom stereocenters. The number of anilines is 3. The lowest BCUT2D eigenvalue weighted by atomic mass is 9.95. The highest BCUT2D eigenvalue weighted by atomic mass is 16.3. The van der Waals surface area contributed by atoms with Gasteiger partial charge in [0, 0.05) is 38.8 Å². The predicted molar refractivity (Wildman–Crippen MR) is 253 cm³/mol. The summed E-state index contributed by atoms with van der Waals surface area (Å²) in [7, 11) is 0. The molecule has 0 atom stereocenters. The molecule has 0 radical (unpaired) electrons. The lowest BCUT2D eigenvalue weighted by Gasteiger charge is -2.30.